The van der Waals surface area contributed by atoms with E-state index in [0.29, 0.717) is 31.6 Å². The smallest absolute Gasteiger partial charge is 0.317 e. The molecule has 1 saturated heterocycles. The van der Waals surface area contributed by atoms with Gasteiger partial charge in [-0.15, -0.1) is 0 Å². The van der Waals surface area contributed by atoms with Crippen molar-refractivity contribution < 1.29 is 23.8 Å². The van der Waals surface area contributed by atoms with E-state index in [0.717, 1.165) is 0 Å². The van der Waals surface area contributed by atoms with Crippen LogP contribution in [0.15, 0.2) is 18.2 Å². The monoisotopic (exact) mass is 336 g/mol. The van der Waals surface area contributed by atoms with Crippen molar-refractivity contribution in [2.24, 2.45) is 11.8 Å². The maximum absolute atomic E-state index is 13.8. The molecule has 6 nitrogen and oxygen atoms in total. The third kappa shape index (κ3) is 3.29. The number of likely N-dealkylation sites (tertiary alicyclic amines) is 1. The lowest BCUT2D eigenvalue weighted by Crippen LogP contribution is -2.50. The maximum atomic E-state index is 13.8. The zero-order chi connectivity index (χ0) is 17.3. The van der Waals surface area contributed by atoms with E-state index in [2.05, 4.69) is 5.32 Å². The van der Waals surface area contributed by atoms with Crippen LogP contribution in [0.5, 0.6) is 5.75 Å². The van der Waals surface area contributed by atoms with E-state index in [9.17, 15) is 19.1 Å². The fraction of sp³-hybridized carbons (Fsp3) is 0.529. The Balaban J connectivity index is 1.72. The van der Waals surface area contributed by atoms with E-state index in [1.165, 1.54) is 6.07 Å². The summed E-state index contributed by atoms with van der Waals surface area (Å²) in [6, 6.07) is 4.01. The van der Waals surface area contributed by atoms with Gasteiger partial charge in [-0.3, -0.25) is 4.79 Å². The molecule has 130 valence electrons. The molecule has 2 heterocycles. The van der Waals surface area contributed by atoms with E-state index < -0.39 is 17.7 Å². The number of hydrogen-bond donors (Lipinski definition) is 2. The molecule has 2 amide bonds. The Labute approximate surface area is 139 Å². The second-order valence-electron chi connectivity index (χ2n) is 6.58. The number of carbonyl (C=O) groups excluding carboxylic acids is 1. The molecule has 3 atom stereocenters. The summed E-state index contributed by atoms with van der Waals surface area (Å²) in [5, 5.41) is 12.1. The number of fused-ring (bicyclic) bond motifs is 1. The van der Waals surface area contributed by atoms with E-state index >= 15 is 0 Å². The summed E-state index contributed by atoms with van der Waals surface area (Å²) in [5.74, 6) is -1.55. The van der Waals surface area contributed by atoms with Gasteiger partial charge in [0.1, 0.15) is 0 Å². The number of hydrogen-bond acceptors (Lipinski definition) is 3. The fourth-order valence-electron chi connectivity index (χ4n) is 3.47. The average Bonchev–Trinajstić information content (AvgIpc) is 2.55. The van der Waals surface area contributed by atoms with Gasteiger partial charge in [0.25, 0.3) is 0 Å². The standard InChI is InChI=1S/C17H21FN2O4/c1-10-7-11(16(21)22)9-20(8-10)17(23)19-14-5-6-24-15-12(14)3-2-4-13(15)18/h2-4,10-11,14H,5-9H2,1H3,(H,19,23)(H,21,22)/t10?,11?,14-/m0/s1. The van der Waals surface area contributed by atoms with Crippen LogP contribution in [0.1, 0.15) is 31.4 Å². The lowest BCUT2D eigenvalue weighted by atomic mass is 9.90. The Bertz CT molecular complexity index is 651. The van der Waals surface area contributed by atoms with Crippen molar-refractivity contribution in [3.8, 4) is 5.75 Å². The molecule has 2 N–H and O–H groups in total. The number of rotatable bonds is 2. The van der Waals surface area contributed by atoms with Crippen LogP contribution in [0.25, 0.3) is 0 Å². The van der Waals surface area contributed by atoms with Gasteiger partial charge < -0.3 is 20.1 Å². The Morgan fingerprint density at radius 3 is 2.92 bits per heavy atom. The number of urea groups is 1. The van der Waals surface area contributed by atoms with Gasteiger partial charge in [0.05, 0.1) is 18.6 Å². The van der Waals surface area contributed by atoms with Crippen LogP contribution < -0.4 is 10.1 Å². The van der Waals surface area contributed by atoms with Gasteiger partial charge in [-0.05, 0) is 18.4 Å². The molecule has 1 fully saturated rings. The first-order chi connectivity index (χ1) is 11.5. The van der Waals surface area contributed by atoms with Crippen molar-refractivity contribution in [2.75, 3.05) is 19.7 Å². The molecule has 1 aromatic rings. The average molecular weight is 336 g/mol. The highest BCUT2D eigenvalue weighted by molar-refractivity contribution is 5.77. The molecule has 0 saturated carbocycles. The molecule has 2 unspecified atom stereocenters. The van der Waals surface area contributed by atoms with Crippen molar-refractivity contribution in [3.05, 3.63) is 29.6 Å². The number of amides is 2. The molecule has 0 bridgehead atoms. The number of nitrogens with zero attached hydrogens (tertiary/aromatic N) is 1. The predicted molar refractivity (Wildman–Crippen MR) is 84.3 cm³/mol. The third-order valence-corrected chi connectivity index (χ3v) is 4.62. The molecule has 24 heavy (non-hydrogen) atoms. The molecule has 0 radical (unpaired) electrons. The topological polar surface area (TPSA) is 78.9 Å². The Kier molecular flexibility index (Phi) is 4.59. The largest absolute Gasteiger partial charge is 0.490 e. The number of benzene rings is 1. The molecular weight excluding hydrogens is 315 g/mol. The van der Waals surface area contributed by atoms with E-state index in [-0.39, 0.29) is 30.3 Å². The minimum atomic E-state index is -0.877. The Morgan fingerprint density at radius 2 is 2.17 bits per heavy atom. The van der Waals surface area contributed by atoms with E-state index in [1.807, 2.05) is 6.92 Å². The molecule has 7 heteroatoms. The van der Waals surface area contributed by atoms with Gasteiger partial charge >= 0.3 is 12.0 Å². The zero-order valence-corrected chi connectivity index (χ0v) is 13.5. The predicted octanol–water partition coefficient (Wildman–Crippen LogP) is 2.40. The molecule has 0 aliphatic carbocycles. The lowest BCUT2D eigenvalue weighted by molar-refractivity contribution is -0.143. The number of para-hydroxylation sites is 1. The molecule has 0 aromatic heterocycles. The summed E-state index contributed by atoms with van der Waals surface area (Å²) in [7, 11) is 0. The van der Waals surface area contributed by atoms with Gasteiger partial charge in [-0.25, -0.2) is 9.18 Å². The Morgan fingerprint density at radius 1 is 1.38 bits per heavy atom. The van der Waals surface area contributed by atoms with Gasteiger partial charge in [-0.2, -0.15) is 0 Å². The second-order valence-corrected chi connectivity index (χ2v) is 6.58. The minimum Gasteiger partial charge on any atom is -0.490 e. The van der Waals surface area contributed by atoms with Crippen molar-refractivity contribution in [3.63, 3.8) is 0 Å². The van der Waals surface area contributed by atoms with E-state index in [1.54, 1.807) is 17.0 Å². The number of halogens is 1. The van der Waals surface area contributed by atoms with Gasteiger partial charge in [0, 0.05) is 25.1 Å². The molecule has 2 aliphatic heterocycles. The second kappa shape index (κ2) is 6.67. The minimum absolute atomic E-state index is 0.130. The van der Waals surface area contributed by atoms with E-state index in [4.69, 9.17) is 4.74 Å². The van der Waals surface area contributed by atoms with Crippen LogP contribution in [0.4, 0.5) is 9.18 Å². The summed E-state index contributed by atoms with van der Waals surface area (Å²) >= 11 is 0. The maximum Gasteiger partial charge on any atom is 0.317 e. The summed E-state index contributed by atoms with van der Waals surface area (Å²) in [4.78, 5) is 25.3. The Hall–Kier alpha value is -2.31. The van der Waals surface area contributed by atoms with Crippen LogP contribution >= 0.6 is 0 Å². The highest BCUT2D eigenvalue weighted by atomic mass is 19.1. The van der Waals surface area contributed by atoms with Crippen LogP contribution in [-0.2, 0) is 4.79 Å². The fourth-order valence-corrected chi connectivity index (χ4v) is 3.47. The number of nitrogens with one attached hydrogen (secondary N) is 1. The van der Waals surface area contributed by atoms with Crippen LogP contribution in [0.2, 0.25) is 0 Å². The molecular formula is C17H21FN2O4. The lowest BCUT2D eigenvalue weighted by Gasteiger charge is -2.36. The normalized spacial score (nSPS) is 26.2. The number of carboxylic acids is 1. The van der Waals surface area contributed by atoms with Crippen molar-refractivity contribution in [1.82, 2.24) is 10.2 Å². The molecule has 2 aliphatic rings. The third-order valence-electron chi connectivity index (χ3n) is 4.62. The molecule has 1 aromatic carbocycles. The van der Waals surface area contributed by atoms with Gasteiger partial charge in [0.15, 0.2) is 11.6 Å². The first-order valence-electron chi connectivity index (χ1n) is 8.15. The highest BCUT2D eigenvalue weighted by Crippen LogP contribution is 2.34. The first-order valence-corrected chi connectivity index (χ1v) is 8.15. The van der Waals surface area contributed by atoms with Crippen LogP contribution in [-0.4, -0.2) is 41.7 Å². The summed E-state index contributed by atoms with van der Waals surface area (Å²) in [6.07, 6.45) is 1.12. The first kappa shape index (κ1) is 16.5. The SMILES string of the molecule is CC1CC(C(=O)O)CN(C(=O)N[C@H]2CCOc3c(F)cccc32)C1. The highest BCUT2D eigenvalue weighted by Gasteiger charge is 2.33. The zero-order valence-electron chi connectivity index (χ0n) is 13.5. The van der Waals surface area contributed by atoms with Gasteiger partial charge in [0.2, 0.25) is 0 Å². The number of ether oxygens (including phenoxy) is 1. The molecule has 0 spiro atoms. The van der Waals surface area contributed by atoms with Crippen molar-refractivity contribution in [2.45, 2.75) is 25.8 Å². The number of carbonyl (C=O) groups is 2. The number of piperidine rings is 1. The van der Waals surface area contributed by atoms with Gasteiger partial charge in [-0.1, -0.05) is 19.1 Å². The van der Waals surface area contributed by atoms with Crippen LogP contribution in [0, 0.1) is 17.7 Å². The quantitative estimate of drug-likeness (QED) is 0.869. The molecule has 3 rings (SSSR count). The summed E-state index contributed by atoms with van der Waals surface area (Å²) < 4.78 is 19.2. The summed E-state index contributed by atoms with van der Waals surface area (Å²) in [6.45, 7) is 2.99. The van der Waals surface area contributed by atoms with Crippen molar-refractivity contribution in [1.29, 1.82) is 0 Å². The van der Waals surface area contributed by atoms with Crippen LogP contribution in [0.3, 0.4) is 0 Å². The summed E-state index contributed by atoms with van der Waals surface area (Å²) in [5.41, 5.74) is 0.620. The number of carboxylic acid groups (broad SMARTS) is 1. The van der Waals surface area contributed by atoms with Crippen molar-refractivity contribution >= 4 is 12.0 Å². The number of aliphatic carboxylic acids is 1.